The number of ether oxygens (including phenoxy) is 1. The maximum atomic E-state index is 12.7. The molecule has 0 saturated carbocycles. The third kappa shape index (κ3) is 4.53. The first-order valence-corrected chi connectivity index (χ1v) is 10.4. The molecule has 2 N–H and O–H groups in total. The smallest absolute Gasteiger partial charge is 0.378 e. The number of anilines is 2. The first kappa shape index (κ1) is 21.8. The summed E-state index contributed by atoms with van der Waals surface area (Å²) in [4.78, 5) is 33.8. The van der Waals surface area contributed by atoms with Crippen molar-refractivity contribution in [3.8, 4) is 11.4 Å². The van der Waals surface area contributed by atoms with Crippen molar-refractivity contribution < 1.29 is 22.7 Å². The highest BCUT2D eigenvalue weighted by Gasteiger charge is 2.32. The zero-order valence-electron chi connectivity index (χ0n) is 17.6. The number of aromatic nitrogens is 5. The number of alkyl halides is 3. The minimum absolute atomic E-state index is 0.0938. The Morgan fingerprint density at radius 1 is 1.00 bits per heavy atom. The van der Waals surface area contributed by atoms with Gasteiger partial charge in [0.1, 0.15) is 23.2 Å². The maximum absolute atomic E-state index is 12.7. The number of nitrogens with one attached hydrogen (secondary N) is 2. The molecule has 0 aromatic carbocycles. The molecule has 1 saturated heterocycles. The normalized spacial score (nSPS) is 14.4. The molecule has 5 rings (SSSR count). The predicted molar refractivity (Wildman–Crippen MR) is 116 cm³/mol. The van der Waals surface area contributed by atoms with Crippen molar-refractivity contribution in [2.45, 2.75) is 6.18 Å². The van der Waals surface area contributed by atoms with Gasteiger partial charge in [-0.25, -0.2) is 15.0 Å². The van der Waals surface area contributed by atoms with Crippen molar-refractivity contribution in [1.82, 2.24) is 29.8 Å². The maximum Gasteiger partial charge on any atom is 0.433 e. The van der Waals surface area contributed by atoms with Gasteiger partial charge < -0.3 is 19.9 Å². The lowest BCUT2D eigenvalue weighted by atomic mass is 10.2. The van der Waals surface area contributed by atoms with E-state index in [1.807, 2.05) is 0 Å². The molecular formula is C22H18F3N7O2. The molecule has 0 radical (unpaired) electrons. The Labute approximate surface area is 191 Å². The molecule has 1 aliphatic rings. The van der Waals surface area contributed by atoms with Crippen LogP contribution in [0, 0.1) is 0 Å². The molecule has 1 amide bonds. The van der Waals surface area contributed by atoms with E-state index in [0.717, 1.165) is 12.3 Å². The summed E-state index contributed by atoms with van der Waals surface area (Å²) in [5, 5.41) is 3.06. The van der Waals surface area contributed by atoms with Crippen molar-refractivity contribution >= 4 is 28.6 Å². The number of fused-ring (bicyclic) bond motifs is 1. The second-order valence-corrected chi connectivity index (χ2v) is 7.56. The summed E-state index contributed by atoms with van der Waals surface area (Å²) in [7, 11) is 0. The molecule has 0 unspecified atom stereocenters. The van der Waals surface area contributed by atoms with Crippen LogP contribution in [0.3, 0.4) is 0 Å². The van der Waals surface area contributed by atoms with Crippen molar-refractivity contribution in [3.63, 3.8) is 0 Å². The number of pyridine rings is 3. The summed E-state index contributed by atoms with van der Waals surface area (Å²) in [6.45, 7) is 2.16. The summed E-state index contributed by atoms with van der Waals surface area (Å²) in [6.07, 6.45) is -0.319. The largest absolute Gasteiger partial charge is 0.433 e. The molecule has 1 aliphatic heterocycles. The molecule has 4 aromatic heterocycles. The Bertz CT molecular complexity index is 1320. The molecule has 5 heterocycles. The van der Waals surface area contributed by atoms with Crippen molar-refractivity contribution in [3.05, 3.63) is 60.2 Å². The molecule has 12 heteroatoms. The van der Waals surface area contributed by atoms with Crippen molar-refractivity contribution in [2.75, 3.05) is 31.6 Å². The number of carbonyl (C=O) groups is 1. The fourth-order valence-electron chi connectivity index (χ4n) is 3.49. The molecule has 0 atom stereocenters. The van der Waals surface area contributed by atoms with E-state index in [4.69, 9.17) is 4.74 Å². The molecular weight excluding hydrogens is 451 g/mol. The Hall–Kier alpha value is -4.06. The summed E-state index contributed by atoms with van der Waals surface area (Å²) >= 11 is 0. The van der Waals surface area contributed by atoms with Crippen LogP contribution in [-0.4, -0.2) is 62.0 Å². The molecule has 34 heavy (non-hydrogen) atoms. The van der Waals surface area contributed by atoms with Crippen LogP contribution in [0.2, 0.25) is 0 Å². The second kappa shape index (κ2) is 8.71. The lowest BCUT2D eigenvalue weighted by Crippen LogP contribution is -2.40. The minimum Gasteiger partial charge on any atom is -0.378 e. The zero-order valence-corrected chi connectivity index (χ0v) is 17.6. The predicted octanol–water partition coefficient (Wildman–Crippen LogP) is 3.65. The third-order valence-electron chi connectivity index (χ3n) is 5.26. The van der Waals surface area contributed by atoms with Crippen LogP contribution >= 0.6 is 0 Å². The Kier molecular flexibility index (Phi) is 5.57. The first-order valence-electron chi connectivity index (χ1n) is 10.4. The van der Waals surface area contributed by atoms with Gasteiger partial charge in [-0.05, 0) is 24.3 Å². The van der Waals surface area contributed by atoms with Crippen LogP contribution in [0.15, 0.2) is 48.9 Å². The van der Waals surface area contributed by atoms with Crippen LogP contribution in [0.25, 0.3) is 22.4 Å². The van der Waals surface area contributed by atoms with Gasteiger partial charge in [-0.15, -0.1) is 0 Å². The summed E-state index contributed by atoms with van der Waals surface area (Å²) in [5.74, 6) is 1.24. The third-order valence-corrected chi connectivity index (χ3v) is 5.26. The van der Waals surface area contributed by atoms with Crippen LogP contribution in [0.1, 0.15) is 16.1 Å². The van der Waals surface area contributed by atoms with Crippen molar-refractivity contribution in [1.29, 1.82) is 0 Å². The number of halogens is 3. The second-order valence-electron chi connectivity index (χ2n) is 7.56. The van der Waals surface area contributed by atoms with Gasteiger partial charge >= 0.3 is 6.18 Å². The molecule has 9 nitrogen and oxygen atoms in total. The number of carbonyl (C=O) groups excluding carboxylic acids is 1. The van der Waals surface area contributed by atoms with Gasteiger partial charge in [-0.2, -0.15) is 13.2 Å². The van der Waals surface area contributed by atoms with E-state index in [9.17, 15) is 18.0 Å². The van der Waals surface area contributed by atoms with E-state index in [0.29, 0.717) is 65.9 Å². The molecule has 174 valence electrons. The topological polar surface area (TPSA) is 109 Å². The summed E-state index contributed by atoms with van der Waals surface area (Å²) in [5.41, 5.74) is 1.11. The summed E-state index contributed by atoms with van der Waals surface area (Å²) in [6, 6.07) is 7.28. The SMILES string of the molecule is O=C(c1ccc(Nc2cc3nc(-c4ccc(C(F)(F)F)nc4)[nH]c3cn2)nc1)N1CCOCC1. The summed E-state index contributed by atoms with van der Waals surface area (Å²) < 4.78 is 43.5. The van der Waals surface area contributed by atoms with Crippen LogP contribution in [-0.2, 0) is 10.9 Å². The van der Waals surface area contributed by atoms with Crippen LogP contribution < -0.4 is 5.32 Å². The Balaban J connectivity index is 1.30. The molecule has 1 fully saturated rings. The molecule has 0 bridgehead atoms. The molecule has 0 aliphatic carbocycles. The van der Waals surface area contributed by atoms with Crippen molar-refractivity contribution in [2.24, 2.45) is 0 Å². The average Bonchev–Trinajstić information content (AvgIpc) is 3.28. The van der Waals surface area contributed by atoms with Gasteiger partial charge in [-0.1, -0.05) is 0 Å². The number of amides is 1. The highest BCUT2D eigenvalue weighted by molar-refractivity contribution is 5.94. The van der Waals surface area contributed by atoms with Crippen LogP contribution in [0.4, 0.5) is 24.8 Å². The van der Waals surface area contributed by atoms with Gasteiger partial charge in [0.25, 0.3) is 5.91 Å². The fourth-order valence-corrected chi connectivity index (χ4v) is 3.49. The van der Waals surface area contributed by atoms with E-state index in [1.54, 1.807) is 29.3 Å². The highest BCUT2D eigenvalue weighted by atomic mass is 19.4. The minimum atomic E-state index is -4.50. The lowest BCUT2D eigenvalue weighted by molar-refractivity contribution is -0.141. The van der Waals surface area contributed by atoms with Gasteiger partial charge in [0.2, 0.25) is 0 Å². The van der Waals surface area contributed by atoms with Gasteiger partial charge in [0.05, 0.1) is 36.0 Å². The fraction of sp³-hybridized carbons (Fsp3) is 0.227. The standard InChI is InChI=1S/C22H18F3N7O2/c23-22(24,25)17-3-1-13(10-26-17)20-29-15-9-19(28-12-16(15)30-20)31-18-4-2-14(11-27-18)21(33)32-5-7-34-8-6-32/h1-4,9-12H,5-8H2,(H,29,30)(H,27,28,31). The molecule has 4 aromatic rings. The number of H-pyrrole nitrogens is 1. The highest BCUT2D eigenvalue weighted by Crippen LogP contribution is 2.29. The number of aromatic amines is 1. The number of hydrogen-bond donors (Lipinski definition) is 2. The zero-order chi connectivity index (χ0) is 23.7. The van der Waals surface area contributed by atoms with E-state index < -0.39 is 11.9 Å². The number of morpholine rings is 1. The average molecular weight is 469 g/mol. The van der Waals surface area contributed by atoms with E-state index in [-0.39, 0.29) is 5.91 Å². The number of rotatable bonds is 4. The Morgan fingerprint density at radius 2 is 1.79 bits per heavy atom. The monoisotopic (exact) mass is 469 g/mol. The van der Waals surface area contributed by atoms with Crippen LogP contribution in [0.5, 0.6) is 0 Å². The number of nitrogens with zero attached hydrogens (tertiary/aromatic N) is 5. The molecule has 0 spiro atoms. The van der Waals surface area contributed by atoms with E-state index in [1.165, 1.54) is 12.3 Å². The van der Waals surface area contributed by atoms with E-state index in [2.05, 4.69) is 30.2 Å². The van der Waals surface area contributed by atoms with Gasteiger partial charge in [0, 0.05) is 37.1 Å². The Morgan fingerprint density at radius 3 is 2.47 bits per heavy atom. The number of hydrogen-bond acceptors (Lipinski definition) is 7. The number of imidazole rings is 1. The van der Waals surface area contributed by atoms with Gasteiger partial charge in [-0.3, -0.25) is 9.78 Å². The lowest BCUT2D eigenvalue weighted by Gasteiger charge is -2.26. The quantitative estimate of drug-likeness (QED) is 0.470. The van der Waals surface area contributed by atoms with E-state index >= 15 is 0 Å². The first-order chi connectivity index (χ1) is 16.4. The van der Waals surface area contributed by atoms with Gasteiger partial charge in [0.15, 0.2) is 0 Å².